The van der Waals surface area contributed by atoms with E-state index in [0.29, 0.717) is 11.6 Å². The summed E-state index contributed by atoms with van der Waals surface area (Å²) in [5.74, 6) is 0.0299. The molecule has 0 saturated carbocycles. The molecular weight excluding hydrogens is 326 g/mol. The van der Waals surface area contributed by atoms with Gasteiger partial charge in [-0.25, -0.2) is 9.79 Å². The van der Waals surface area contributed by atoms with Crippen molar-refractivity contribution < 1.29 is 19.1 Å². The third-order valence-electron chi connectivity index (χ3n) is 3.38. The molecule has 0 atom stereocenters. The van der Waals surface area contributed by atoms with Gasteiger partial charge in [0.15, 0.2) is 5.70 Å². The second-order valence-corrected chi connectivity index (χ2v) is 6.34. The van der Waals surface area contributed by atoms with Crippen LogP contribution in [0.2, 0.25) is 0 Å². The fourth-order valence-corrected chi connectivity index (χ4v) is 3.09. The van der Waals surface area contributed by atoms with Gasteiger partial charge in [-0.2, -0.15) is 0 Å². The quantitative estimate of drug-likeness (QED) is 0.486. The van der Waals surface area contributed by atoms with Crippen LogP contribution in [-0.2, 0) is 14.3 Å². The first-order valence-corrected chi connectivity index (χ1v) is 8.18. The number of carbonyl (C=O) groups excluding carboxylic acids is 2. The van der Waals surface area contributed by atoms with E-state index in [1.807, 2.05) is 43.5 Å². The summed E-state index contributed by atoms with van der Waals surface area (Å²) in [5, 5.41) is 1.90. The van der Waals surface area contributed by atoms with Gasteiger partial charge in [-0.15, -0.1) is 11.3 Å². The Kier molecular flexibility index (Phi) is 4.31. The molecule has 122 valence electrons. The predicted octanol–water partition coefficient (Wildman–Crippen LogP) is 3.63. The zero-order valence-corrected chi connectivity index (χ0v) is 14.3. The number of hydrogen-bond acceptors (Lipinski definition) is 6. The Balaban J connectivity index is 1.94. The maximum absolute atomic E-state index is 12.0. The van der Waals surface area contributed by atoms with Crippen LogP contribution in [0.5, 0.6) is 5.75 Å². The molecule has 1 aromatic heterocycles. The summed E-state index contributed by atoms with van der Waals surface area (Å²) in [7, 11) is 0. The lowest BCUT2D eigenvalue weighted by Crippen LogP contribution is -2.05. The monoisotopic (exact) mass is 341 g/mol. The Labute approximate surface area is 143 Å². The van der Waals surface area contributed by atoms with Gasteiger partial charge in [-0.05, 0) is 60.2 Å². The van der Waals surface area contributed by atoms with Crippen molar-refractivity contribution in [1.29, 1.82) is 0 Å². The highest BCUT2D eigenvalue weighted by Crippen LogP contribution is 2.27. The Morgan fingerprint density at radius 1 is 1.29 bits per heavy atom. The molecule has 0 fully saturated rings. The number of benzene rings is 1. The molecule has 3 rings (SSSR count). The molecule has 0 spiro atoms. The van der Waals surface area contributed by atoms with Crippen molar-refractivity contribution in [3.8, 4) is 5.75 Å². The topological polar surface area (TPSA) is 65.0 Å². The molecule has 1 aromatic carbocycles. The first-order valence-electron chi connectivity index (χ1n) is 7.30. The lowest BCUT2D eigenvalue weighted by atomic mass is 10.0. The number of ether oxygens (including phenoxy) is 2. The van der Waals surface area contributed by atoms with Gasteiger partial charge in [0.1, 0.15) is 5.75 Å². The number of hydrogen-bond donors (Lipinski definition) is 0. The molecule has 1 aliphatic rings. The average Bonchev–Trinajstić information content (AvgIpc) is 3.13. The van der Waals surface area contributed by atoms with Gasteiger partial charge in [-0.3, -0.25) is 4.79 Å². The van der Waals surface area contributed by atoms with Gasteiger partial charge in [0.25, 0.3) is 0 Å². The van der Waals surface area contributed by atoms with Crippen molar-refractivity contribution in [2.45, 2.75) is 20.8 Å². The maximum Gasteiger partial charge on any atom is 0.363 e. The molecule has 1 aliphatic heterocycles. The predicted molar refractivity (Wildman–Crippen MR) is 92.2 cm³/mol. The lowest BCUT2D eigenvalue weighted by Gasteiger charge is -2.10. The van der Waals surface area contributed by atoms with Crippen molar-refractivity contribution >= 4 is 35.2 Å². The van der Waals surface area contributed by atoms with Crippen LogP contribution in [0.3, 0.4) is 0 Å². The summed E-state index contributed by atoms with van der Waals surface area (Å²) < 4.78 is 10.4. The summed E-state index contributed by atoms with van der Waals surface area (Å²) in [6.45, 7) is 5.06. The molecule has 2 aromatic rings. The lowest BCUT2D eigenvalue weighted by molar-refractivity contribution is -0.132. The van der Waals surface area contributed by atoms with Crippen LogP contribution in [0.4, 0.5) is 0 Å². The first-order chi connectivity index (χ1) is 11.4. The minimum absolute atomic E-state index is 0.248. The Morgan fingerprint density at radius 2 is 2.00 bits per heavy atom. The highest BCUT2D eigenvalue weighted by Gasteiger charge is 2.24. The molecule has 0 radical (unpaired) electrons. The Bertz CT molecular complexity index is 855. The molecule has 0 aliphatic carbocycles. The highest BCUT2D eigenvalue weighted by atomic mass is 32.1. The smallest absolute Gasteiger partial charge is 0.363 e. The maximum atomic E-state index is 12.0. The summed E-state index contributed by atoms with van der Waals surface area (Å²) in [4.78, 5) is 28.2. The fraction of sp³-hybridized carbons (Fsp3) is 0.167. The van der Waals surface area contributed by atoms with E-state index in [1.165, 1.54) is 18.3 Å². The van der Waals surface area contributed by atoms with Crippen molar-refractivity contribution in [2.24, 2.45) is 4.99 Å². The van der Waals surface area contributed by atoms with Gasteiger partial charge in [0.2, 0.25) is 5.90 Å². The van der Waals surface area contributed by atoms with Crippen molar-refractivity contribution in [1.82, 2.24) is 0 Å². The molecule has 2 heterocycles. The number of rotatable bonds is 3. The third kappa shape index (κ3) is 3.28. The van der Waals surface area contributed by atoms with Crippen LogP contribution >= 0.6 is 11.3 Å². The van der Waals surface area contributed by atoms with E-state index in [0.717, 1.165) is 21.6 Å². The highest BCUT2D eigenvalue weighted by molar-refractivity contribution is 7.12. The molecule has 0 amide bonds. The number of aryl methyl sites for hydroxylation is 2. The van der Waals surface area contributed by atoms with Crippen LogP contribution in [0, 0.1) is 13.8 Å². The number of esters is 2. The van der Waals surface area contributed by atoms with Gasteiger partial charge in [-0.1, -0.05) is 6.07 Å². The van der Waals surface area contributed by atoms with Crippen molar-refractivity contribution in [3.63, 3.8) is 0 Å². The van der Waals surface area contributed by atoms with E-state index in [1.54, 1.807) is 6.08 Å². The van der Waals surface area contributed by atoms with Gasteiger partial charge < -0.3 is 9.47 Å². The first kappa shape index (κ1) is 16.1. The van der Waals surface area contributed by atoms with E-state index < -0.39 is 5.97 Å². The second kappa shape index (κ2) is 6.41. The molecule has 24 heavy (non-hydrogen) atoms. The normalized spacial score (nSPS) is 15.4. The molecule has 0 unspecified atom stereocenters. The van der Waals surface area contributed by atoms with Crippen LogP contribution in [0.15, 0.2) is 40.3 Å². The summed E-state index contributed by atoms with van der Waals surface area (Å²) >= 11 is 1.46. The molecule has 0 N–H and O–H groups in total. The summed E-state index contributed by atoms with van der Waals surface area (Å²) in [6, 6.07) is 7.40. The fourth-order valence-electron chi connectivity index (χ4n) is 2.44. The standard InChI is InChI=1S/C18H15NO4S/c1-10-7-13(8-11(2)16(10)22-12(3)20)9-14-18(21)23-17(19-14)15-5-4-6-24-15/h4-9H,1-3H3/b14-9-. The number of cyclic esters (lactones) is 1. The SMILES string of the molecule is CC(=O)Oc1c(C)cc(/C=C2\N=C(c3cccs3)OC2=O)cc1C. The van der Waals surface area contributed by atoms with E-state index >= 15 is 0 Å². The largest absolute Gasteiger partial charge is 0.426 e. The van der Waals surface area contributed by atoms with Crippen LogP contribution in [0.25, 0.3) is 6.08 Å². The van der Waals surface area contributed by atoms with Crippen LogP contribution < -0.4 is 4.74 Å². The average molecular weight is 341 g/mol. The zero-order valence-electron chi connectivity index (χ0n) is 13.5. The van der Waals surface area contributed by atoms with Crippen molar-refractivity contribution in [2.75, 3.05) is 0 Å². The van der Waals surface area contributed by atoms with E-state index in [2.05, 4.69) is 4.99 Å². The van der Waals surface area contributed by atoms with Gasteiger partial charge >= 0.3 is 11.9 Å². The van der Waals surface area contributed by atoms with Gasteiger partial charge in [0, 0.05) is 6.92 Å². The van der Waals surface area contributed by atoms with Crippen LogP contribution in [0.1, 0.15) is 28.5 Å². The minimum atomic E-state index is -0.474. The molecule has 0 bridgehead atoms. The van der Waals surface area contributed by atoms with E-state index in [9.17, 15) is 9.59 Å². The number of nitrogens with zero attached hydrogens (tertiary/aromatic N) is 1. The van der Waals surface area contributed by atoms with Crippen molar-refractivity contribution in [3.05, 3.63) is 56.9 Å². The zero-order chi connectivity index (χ0) is 17.3. The molecular formula is C18H15NO4S. The summed E-state index contributed by atoms with van der Waals surface area (Å²) in [6.07, 6.45) is 1.67. The van der Waals surface area contributed by atoms with Crippen LogP contribution in [-0.4, -0.2) is 17.8 Å². The Hall–Kier alpha value is -2.73. The van der Waals surface area contributed by atoms with E-state index in [-0.39, 0.29) is 11.7 Å². The third-order valence-corrected chi connectivity index (χ3v) is 4.24. The second-order valence-electron chi connectivity index (χ2n) is 5.39. The number of thiophene rings is 1. The van der Waals surface area contributed by atoms with Gasteiger partial charge in [0.05, 0.1) is 4.88 Å². The molecule has 6 heteroatoms. The number of carbonyl (C=O) groups is 2. The molecule has 0 saturated heterocycles. The minimum Gasteiger partial charge on any atom is -0.426 e. The summed E-state index contributed by atoms with van der Waals surface area (Å²) in [5.41, 5.74) is 2.67. The molecule has 5 nitrogen and oxygen atoms in total. The Morgan fingerprint density at radius 3 is 2.58 bits per heavy atom. The number of aliphatic imine (C=N–C) groups is 1. The van der Waals surface area contributed by atoms with E-state index in [4.69, 9.17) is 9.47 Å².